The van der Waals surface area contributed by atoms with Crippen LogP contribution in [0.15, 0.2) is 0 Å². The van der Waals surface area contributed by atoms with Crippen molar-refractivity contribution < 1.29 is 5.11 Å². The Hall–Kier alpha value is 0.960. The molecule has 6 heavy (non-hydrogen) atoms. The van der Waals surface area contributed by atoms with Gasteiger partial charge in [-0.3, -0.25) is 0 Å². The first-order chi connectivity index (χ1) is 2.43. The SMILES string of the molecule is OCC1CC1.[NaH]. The quantitative estimate of drug-likeness (QED) is 0.446. The van der Waals surface area contributed by atoms with Gasteiger partial charge in [-0.15, -0.1) is 0 Å². The molecule has 0 radical (unpaired) electrons. The Morgan fingerprint density at radius 1 is 1.50 bits per heavy atom. The van der Waals surface area contributed by atoms with Crippen LogP contribution in [-0.2, 0) is 0 Å². The van der Waals surface area contributed by atoms with Gasteiger partial charge in [0.15, 0.2) is 0 Å². The maximum atomic E-state index is 8.21. The van der Waals surface area contributed by atoms with Crippen LogP contribution in [0.25, 0.3) is 0 Å². The molecule has 0 aromatic rings. The fraction of sp³-hybridized carbons (Fsp3) is 1.00. The van der Waals surface area contributed by atoms with Crippen LogP contribution in [0.3, 0.4) is 0 Å². The second-order valence-corrected chi connectivity index (χ2v) is 1.63. The van der Waals surface area contributed by atoms with Crippen LogP contribution < -0.4 is 0 Å². The van der Waals surface area contributed by atoms with Crippen molar-refractivity contribution in [1.82, 2.24) is 0 Å². The summed E-state index contributed by atoms with van der Waals surface area (Å²) >= 11 is 0. The van der Waals surface area contributed by atoms with Crippen LogP contribution in [0, 0.1) is 5.92 Å². The van der Waals surface area contributed by atoms with Crippen molar-refractivity contribution in [2.24, 2.45) is 5.92 Å². The van der Waals surface area contributed by atoms with E-state index in [0.717, 1.165) is 0 Å². The third-order valence-electron chi connectivity index (χ3n) is 0.955. The summed E-state index contributed by atoms with van der Waals surface area (Å²) in [6.07, 6.45) is 2.52. The molecule has 0 aromatic carbocycles. The normalized spacial score (nSPS) is 19.5. The first-order valence-electron chi connectivity index (χ1n) is 2.04. The van der Waals surface area contributed by atoms with Gasteiger partial charge in [0.25, 0.3) is 0 Å². The maximum absolute atomic E-state index is 8.21. The van der Waals surface area contributed by atoms with Crippen LogP contribution in [0.5, 0.6) is 0 Å². The Morgan fingerprint density at radius 3 is 2.00 bits per heavy atom. The van der Waals surface area contributed by atoms with E-state index in [1.54, 1.807) is 0 Å². The molecule has 1 aliphatic carbocycles. The molecule has 0 amide bonds. The summed E-state index contributed by atoms with van der Waals surface area (Å²) in [7, 11) is 0. The molecule has 0 heterocycles. The zero-order chi connectivity index (χ0) is 3.70. The van der Waals surface area contributed by atoms with E-state index in [0.29, 0.717) is 12.5 Å². The van der Waals surface area contributed by atoms with E-state index >= 15 is 0 Å². The summed E-state index contributed by atoms with van der Waals surface area (Å²) < 4.78 is 0. The molecular weight excluding hydrogens is 87.0 g/mol. The summed E-state index contributed by atoms with van der Waals surface area (Å²) in [5, 5.41) is 8.21. The summed E-state index contributed by atoms with van der Waals surface area (Å²) in [5.74, 6) is 0.690. The van der Waals surface area contributed by atoms with Crippen molar-refractivity contribution in [2.75, 3.05) is 6.61 Å². The van der Waals surface area contributed by atoms with Gasteiger partial charge in [-0.1, -0.05) is 0 Å². The van der Waals surface area contributed by atoms with Crippen molar-refractivity contribution in [3.8, 4) is 0 Å². The Kier molecular flexibility index (Phi) is 3.51. The fourth-order valence-corrected chi connectivity index (χ4v) is 0.300. The van der Waals surface area contributed by atoms with Gasteiger partial charge in [0.1, 0.15) is 0 Å². The standard InChI is InChI=1S/C4H8O.Na.H/c5-3-4-1-2-4;;/h4-5H,1-3H2;;. The van der Waals surface area contributed by atoms with Crippen molar-refractivity contribution >= 4 is 29.6 Å². The van der Waals surface area contributed by atoms with E-state index < -0.39 is 0 Å². The van der Waals surface area contributed by atoms with Gasteiger partial charge < -0.3 is 5.11 Å². The van der Waals surface area contributed by atoms with Crippen LogP contribution >= 0.6 is 0 Å². The average molecular weight is 96.1 g/mol. The second kappa shape index (κ2) is 3.03. The molecule has 0 aliphatic heterocycles. The third kappa shape index (κ3) is 2.19. The predicted molar refractivity (Wildman–Crippen MR) is 27.0 cm³/mol. The van der Waals surface area contributed by atoms with Crippen molar-refractivity contribution in [3.05, 3.63) is 0 Å². The Balaban J connectivity index is 0.000000250. The zero-order valence-electron chi connectivity index (χ0n) is 3.15. The van der Waals surface area contributed by atoms with Crippen molar-refractivity contribution in [1.29, 1.82) is 0 Å². The van der Waals surface area contributed by atoms with Crippen LogP contribution in [0.4, 0.5) is 0 Å². The zero-order valence-corrected chi connectivity index (χ0v) is 3.15. The van der Waals surface area contributed by atoms with E-state index in [1.807, 2.05) is 0 Å². The van der Waals surface area contributed by atoms with Gasteiger partial charge in [-0.05, 0) is 18.8 Å². The van der Waals surface area contributed by atoms with Gasteiger partial charge in [-0.25, -0.2) is 0 Å². The van der Waals surface area contributed by atoms with Crippen molar-refractivity contribution in [3.63, 3.8) is 0 Å². The number of rotatable bonds is 1. The number of aliphatic hydroxyl groups is 1. The number of aliphatic hydroxyl groups excluding tert-OH is 1. The van der Waals surface area contributed by atoms with E-state index in [-0.39, 0.29) is 29.6 Å². The molecule has 32 valence electrons. The summed E-state index contributed by atoms with van der Waals surface area (Å²) in [4.78, 5) is 0. The fourth-order valence-electron chi connectivity index (χ4n) is 0.300. The first-order valence-corrected chi connectivity index (χ1v) is 2.04. The number of hydrogen-bond donors (Lipinski definition) is 1. The Labute approximate surface area is 60.0 Å². The van der Waals surface area contributed by atoms with E-state index in [2.05, 4.69) is 0 Å². The van der Waals surface area contributed by atoms with Gasteiger partial charge in [0.2, 0.25) is 0 Å². The van der Waals surface area contributed by atoms with Gasteiger partial charge >= 0.3 is 29.6 Å². The molecule has 0 aromatic heterocycles. The van der Waals surface area contributed by atoms with Gasteiger partial charge in [0.05, 0.1) is 0 Å². The minimum atomic E-state index is 0. The summed E-state index contributed by atoms with van der Waals surface area (Å²) in [6.45, 7) is 0.417. The topological polar surface area (TPSA) is 20.2 Å². The minimum absolute atomic E-state index is 0. The summed E-state index contributed by atoms with van der Waals surface area (Å²) in [6, 6.07) is 0. The molecule has 1 aliphatic rings. The van der Waals surface area contributed by atoms with Crippen LogP contribution in [-0.4, -0.2) is 41.3 Å². The molecule has 1 N–H and O–H groups in total. The molecule has 0 unspecified atom stereocenters. The molecule has 1 fully saturated rings. The Bertz CT molecular complexity index is 34.5. The molecular formula is C4H9NaO. The number of hydrogen-bond acceptors (Lipinski definition) is 1. The molecule has 0 atom stereocenters. The monoisotopic (exact) mass is 96.1 g/mol. The van der Waals surface area contributed by atoms with E-state index in [9.17, 15) is 0 Å². The van der Waals surface area contributed by atoms with E-state index in [4.69, 9.17) is 5.11 Å². The average Bonchev–Trinajstić information content (AvgIpc) is 2.12. The summed E-state index contributed by atoms with van der Waals surface area (Å²) in [5.41, 5.74) is 0. The Morgan fingerprint density at radius 2 is 2.00 bits per heavy atom. The third-order valence-corrected chi connectivity index (χ3v) is 0.955. The van der Waals surface area contributed by atoms with Crippen molar-refractivity contribution in [2.45, 2.75) is 12.8 Å². The molecule has 1 nitrogen and oxygen atoms in total. The van der Waals surface area contributed by atoms with Gasteiger partial charge in [-0.2, -0.15) is 0 Å². The molecule has 0 spiro atoms. The second-order valence-electron chi connectivity index (χ2n) is 1.63. The first kappa shape index (κ1) is 6.96. The van der Waals surface area contributed by atoms with Crippen LogP contribution in [0.1, 0.15) is 12.8 Å². The molecule has 2 heteroatoms. The van der Waals surface area contributed by atoms with Crippen LogP contribution in [0.2, 0.25) is 0 Å². The molecule has 0 bridgehead atoms. The van der Waals surface area contributed by atoms with Gasteiger partial charge in [0, 0.05) is 6.61 Å². The van der Waals surface area contributed by atoms with E-state index in [1.165, 1.54) is 12.8 Å². The molecule has 1 saturated carbocycles. The predicted octanol–water partition coefficient (Wildman–Crippen LogP) is -0.260. The molecule has 0 saturated heterocycles. The molecule has 1 rings (SSSR count).